The standard InChI is InChI=1S/C17H18N4O3S2/c18-12-14-6-11-25-17(14)19-16(22)13-20-7-9-21(10-8-20)26(23,24)15-4-2-1-3-5-15/h1-6,11H,7-10,13H2,(H,19,22). The van der Waals surface area contributed by atoms with Crippen LogP contribution in [-0.2, 0) is 14.8 Å². The third kappa shape index (κ3) is 4.11. The highest BCUT2D eigenvalue weighted by Crippen LogP contribution is 2.22. The summed E-state index contributed by atoms with van der Waals surface area (Å²) in [7, 11) is -3.49. The summed E-state index contributed by atoms with van der Waals surface area (Å²) in [6, 6.07) is 12.0. The lowest BCUT2D eigenvalue weighted by molar-refractivity contribution is -0.117. The minimum absolute atomic E-state index is 0.169. The predicted molar refractivity (Wildman–Crippen MR) is 99.3 cm³/mol. The first-order valence-electron chi connectivity index (χ1n) is 8.05. The van der Waals surface area contributed by atoms with Crippen LogP contribution in [0, 0.1) is 11.3 Å². The third-order valence-electron chi connectivity index (χ3n) is 4.12. The number of thiophene rings is 1. The topological polar surface area (TPSA) is 93.5 Å². The minimum Gasteiger partial charge on any atom is -0.315 e. The number of rotatable bonds is 5. The van der Waals surface area contributed by atoms with Gasteiger partial charge in [-0.2, -0.15) is 9.57 Å². The molecule has 1 aliphatic rings. The van der Waals surface area contributed by atoms with Crippen LogP contribution < -0.4 is 5.32 Å². The number of hydrogen-bond donors (Lipinski definition) is 1. The fourth-order valence-corrected chi connectivity index (χ4v) is 4.93. The van der Waals surface area contributed by atoms with Crippen LogP contribution in [0.15, 0.2) is 46.7 Å². The summed E-state index contributed by atoms with van der Waals surface area (Å²) in [6.07, 6.45) is 0. The van der Waals surface area contributed by atoms with Crippen molar-refractivity contribution < 1.29 is 13.2 Å². The van der Waals surface area contributed by atoms with Crippen LogP contribution in [-0.4, -0.2) is 56.3 Å². The molecule has 7 nitrogen and oxygen atoms in total. The van der Waals surface area contributed by atoms with E-state index in [1.54, 1.807) is 41.8 Å². The van der Waals surface area contributed by atoms with Crippen molar-refractivity contribution in [2.45, 2.75) is 4.90 Å². The fraction of sp³-hybridized carbons (Fsp3) is 0.294. The molecule has 2 heterocycles. The highest BCUT2D eigenvalue weighted by Gasteiger charge is 2.28. The lowest BCUT2D eigenvalue weighted by atomic mass is 10.3. The van der Waals surface area contributed by atoms with Gasteiger partial charge in [-0.05, 0) is 23.6 Å². The van der Waals surface area contributed by atoms with Gasteiger partial charge in [0.05, 0.1) is 17.0 Å². The molecule has 0 unspecified atom stereocenters. The van der Waals surface area contributed by atoms with Gasteiger partial charge in [0.2, 0.25) is 15.9 Å². The molecule has 1 aliphatic heterocycles. The van der Waals surface area contributed by atoms with E-state index in [0.29, 0.717) is 36.7 Å². The van der Waals surface area contributed by atoms with Gasteiger partial charge in [0.25, 0.3) is 0 Å². The van der Waals surface area contributed by atoms with Crippen LogP contribution in [0.3, 0.4) is 0 Å². The molecule has 1 fully saturated rings. The second kappa shape index (κ2) is 7.97. The fourth-order valence-electron chi connectivity index (χ4n) is 2.73. The molecular formula is C17H18N4O3S2. The summed E-state index contributed by atoms with van der Waals surface area (Å²) in [4.78, 5) is 14.4. The summed E-state index contributed by atoms with van der Waals surface area (Å²) < 4.78 is 26.6. The Morgan fingerprint density at radius 3 is 2.50 bits per heavy atom. The second-order valence-corrected chi connectivity index (χ2v) is 8.67. The molecule has 0 radical (unpaired) electrons. The first-order valence-corrected chi connectivity index (χ1v) is 10.4. The zero-order chi connectivity index (χ0) is 18.6. The Labute approximate surface area is 156 Å². The van der Waals surface area contributed by atoms with E-state index >= 15 is 0 Å². The van der Waals surface area contributed by atoms with Crippen molar-refractivity contribution in [3.05, 3.63) is 47.3 Å². The van der Waals surface area contributed by atoms with Crippen LogP contribution in [0.1, 0.15) is 5.56 Å². The van der Waals surface area contributed by atoms with Crippen LogP contribution >= 0.6 is 11.3 Å². The van der Waals surface area contributed by atoms with Crippen molar-refractivity contribution in [1.29, 1.82) is 5.26 Å². The number of nitrogens with zero attached hydrogens (tertiary/aromatic N) is 3. The number of sulfonamides is 1. The largest absolute Gasteiger partial charge is 0.315 e. The Morgan fingerprint density at radius 2 is 1.85 bits per heavy atom. The molecule has 1 amide bonds. The first kappa shape index (κ1) is 18.5. The molecule has 26 heavy (non-hydrogen) atoms. The third-order valence-corrected chi connectivity index (χ3v) is 6.86. The molecule has 3 rings (SSSR count). The first-order chi connectivity index (χ1) is 12.5. The Hall–Kier alpha value is -2.25. The van der Waals surface area contributed by atoms with Crippen LogP contribution in [0.2, 0.25) is 0 Å². The number of anilines is 1. The maximum absolute atomic E-state index is 12.6. The number of piperazine rings is 1. The quantitative estimate of drug-likeness (QED) is 0.836. The molecule has 0 atom stereocenters. The number of benzene rings is 1. The van der Waals surface area contributed by atoms with Gasteiger partial charge in [-0.25, -0.2) is 8.42 Å². The number of hydrogen-bond acceptors (Lipinski definition) is 6. The van der Waals surface area contributed by atoms with E-state index in [1.165, 1.54) is 15.6 Å². The van der Waals surface area contributed by atoms with Gasteiger partial charge in [0.15, 0.2) is 0 Å². The van der Waals surface area contributed by atoms with E-state index in [2.05, 4.69) is 5.32 Å². The molecule has 1 aromatic heterocycles. The highest BCUT2D eigenvalue weighted by molar-refractivity contribution is 7.89. The van der Waals surface area contributed by atoms with Crippen LogP contribution in [0.5, 0.6) is 0 Å². The number of nitrogens with one attached hydrogen (secondary N) is 1. The van der Waals surface area contributed by atoms with E-state index in [4.69, 9.17) is 5.26 Å². The van der Waals surface area contributed by atoms with Gasteiger partial charge in [-0.15, -0.1) is 11.3 Å². The van der Waals surface area contributed by atoms with E-state index < -0.39 is 10.0 Å². The normalized spacial score (nSPS) is 16.1. The SMILES string of the molecule is N#Cc1ccsc1NC(=O)CN1CCN(S(=O)(=O)c2ccccc2)CC1. The number of nitriles is 1. The lowest BCUT2D eigenvalue weighted by Crippen LogP contribution is -2.50. The summed E-state index contributed by atoms with van der Waals surface area (Å²) in [5.74, 6) is -0.205. The number of carbonyl (C=O) groups is 1. The van der Waals surface area contributed by atoms with Crippen LogP contribution in [0.4, 0.5) is 5.00 Å². The molecule has 1 saturated heterocycles. The van der Waals surface area contributed by atoms with Gasteiger partial charge in [0.1, 0.15) is 11.1 Å². The van der Waals surface area contributed by atoms with E-state index in [-0.39, 0.29) is 17.3 Å². The molecule has 9 heteroatoms. The van der Waals surface area contributed by atoms with E-state index in [1.807, 2.05) is 11.0 Å². The molecule has 0 saturated carbocycles. The molecule has 0 spiro atoms. The smallest absolute Gasteiger partial charge is 0.243 e. The number of amides is 1. The monoisotopic (exact) mass is 390 g/mol. The summed E-state index contributed by atoms with van der Waals surface area (Å²) in [5.41, 5.74) is 0.446. The van der Waals surface area contributed by atoms with Crippen molar-refractivity contribution in [1.82, 2.24) is 9.21 Å². The van der Waals surface area contributed by atoms with Gasteiger partial charge < -0.3 is 5.32 Å². The van der Waals surface area contributed by atoms with Crippen molar-refractivity contribution in [3.8, 4) is 6.07 Å². The summed E-state index contributed by atoms with van der Waals surface area (Å²) >= 11 is 1.31. The second-order valence-electron chi connectivity index (χ2n) is 5.82. The van der Waals surface area contributed by atoms with Crippen LogP contribution in [0.25, 0.3) is 0 Å². The highest BCUT2D eigenvalue weighted by atomic mass is 32.2. The Bertz CT molecular complexity index is 911. The van der Waals surface area contributed by atoms with Gasteiger partial charge >= 0.3 is 0 Å². The summed E-state index contributed by atoms with van der Waals surface area (Å²) in [5, 5.41) is 14.0. The van der Waals surface area contributed by atoms with Gasteiger partial charge in [-0.1, -0.05) is 18.2 Å². The molecule has 0 bridgehead atoms. The van der Waals surface area contributed by atoms with Crippen molar-refractivity contribution in [3.63, 3.8) is 0 Å². The van der Waals surface area contributed by atoms with E-state index in [9.17, 15) is 13.2 Å². The molecule has 1 aromatic carbocycles. The zero-order valence-corrected chi connectivity index (χ0v) is 15.6. The Morgan fingerprint density at radius 1 is 1.15 bits per heavy atom. The Balaban J connectivity index is 1.54. The van der Waals surface area contributed by atoms with Crippen molar-refractivity contribution in [2.75, 3.05) is 38.0 Å². The maximum atomic E-state index is 12.6. The molecule has 136 valence electrons. The van der Waals surface area contributed by atoms with Crippen molar-refractivity contribution in [2.24, 2.45) is 0 Å². The maximum Gasteiger partial charge on any atom is 0.243 e. The van der Waals surface area contributed by atoms with E-state index in [0.717, 1.165) is 0 Å². The van der Waals surface area contributed by atoms with Gasteiger partial charge in [-0.3, -0.25) is 9.69 Å². The summed E-state index contributed by atoms with van der Waals surface area (Å²) in [6.45, 7) is 1.81. The number of carbonyl (C=O) groups excluding carboxylic acids is 1. The average Bonchev–Trinajstić information content (AvgIpc) is 3.10. The molecule has 1 N–H and O–H groups in total. The Kier molecular flexibility index (Phi) is 5.68. The average molecular weight is 390 g/mol. The van der Waals surface area contributed by atoms with Gasteiger partial charge in [0, 0.05) is 26.2 Å². The minimum atomic E-state index is -3.49. The predicted octanol–water partition coefficient (Wildman–Crippen LogP) is 1.56. The van der Waals surface area contributed by atoms with Crippen molar-refractivity contribution >= 4 is 32.3 Å². The lowest BCUT2D eigenvalue weighted by Gasteiger charge is -2.33. The zero-order valence-electron chi connectivity index (χ0n) is 14.0. The molecule has 2 aromatic rings. The molecule has 0 aliphatic carbocycles. The molecular weight excluding hydrogens is 372 g/mol.